The summed E-state index contributed by atoms with van der Waals surface area (Å²) in [6.07, 6.45) is 1.86. The summed E-state index contributed by atoms with van der Waals surface area (Å²) in [5.74, 6) is 2.06. The van der Waals surface area contributed by atoms with Crippen molar-refractivity contribution in [2.45, 2.75) is 26.9 Å². The van der Waals surface area contributed by atoms with E-state index in [4.69, 9.17) is 4.99 Å². The Morgan fingerprint density at radius 1 is 1.07 bits per heavy atom. The van der Waals surface area contributed by atoms with Crippen molar-refractivity contribution in [2.75, 3.05) is 51.2 Å². The molecule has 0 amide bonds. The first-order chi connectivity index (χ1) is 14.2. The van der Waals surface area contributed by atoms with Crippen LogP contribution in [0.15, 0.2) is 53.7 Å². The average molecular weight is 522 g/mol. The summed E-state index contributed by atoms with van der Waals surface area (Å²) in [5.41, 5.74) is 2.60. The predicted octanol–water partition coefficient (Wildman–Crippen LogP) is 3.44. The molecule has 0 atom stereocenters. The van der Waals surface area contributed by atoms with Crippen molar-refractivity contribution in [1.82, 2.24) is 20.1 Å². The zero-order valence-corrected chi connectivity index (χ0v) is 20.8. The van der Waals surface area contributed by atoms with Gasteiger partial charge in [0, 0.05) is 45.5 Å². The number of piperazine rings is 1. The Morgan fingerprint density at radius 2 is 1.83 bits per heavy atom. The maximum absolute atomic E-state index is 4.93. The van der Waals surface area contributed by atoms with Crippen molar-refractivity contribution >= 4 is 35.8 Å². The highest BCUT2D eigenvalue weighted by atomic mass is 127. The molecular formula is C23H35IN6. The molecule has 6 nitrogen and oxygen atoms in total. The molecule has 1 aliphatic heterocycles. The van der Waals surface area contributed by atoms with Crippen LogP contribution in [0.1, 0.15) is 25.0 Å². The van der Waals surface area contributed by atoms with Gasteiger partial charge in [0.05, 0.1) is 6.54 Å². The van der Waals surface area contributed by atoms with Crippen molar-refractivity contribution in [1.29, 1.82) is 0 Å². The number of guanidine groups is 1. The van der Waals surface area contributed by atoms with E-state index < -0.39 is 0 Å². The Morgan fingerprint density at radius 3 is 2.50 bits per heavy atom. The lowest BCUT2D eigenvalue weighted by Gasteiger charge is -2.37. The lowest BCUT2D eigenvalue weighted by atomic mass is 10.1. The van der Waals surface area contributed by atoms with Crippen LogP contribution in [0, 0.1) is 0 Å². The standard InChI is InChI=1S/C23H34N6.HI/c1-4-24-23(26-18-20-9-8-10-21(17-20)19-27(3)5-2)29-15-13-28(14-16-29)22-11-6-7-12-25-22;/h6-12,17H,4-5,13-16,18-19H2,1-3H3,(H,24,26);1H. The number of nitrogens with zero attached hydrogens (tertiary/aromatic N) is 5. The number of anilines is 1. The van der Waals surface area contributed by atoms with Gasteiger partial charge in [-0.15, -0.1) is 24.0 Å². The molecule has 1 aromatic carbocycles. The summed E-state index contributed by atoms with van der Waals surface area (Å²) < 4.78 is 0. The van der Waals surface area contributed by atoms with Gasteiger partial charge in [0.1, 0.15) is 5.82 Å². The van der Waals surface area contributed by atoms with Gasteiger partial charge in [-0.2, -0.15) is 0 Å². The Hall–Kier alpha value is -1.87. The molecule has 7 heteroatoms. The molecule has 2 heterocycles. The Kier molecular flexibility index (Phi) is 10.4. The van der Waals surface area contributed by atoms with Gasteiger partial charge in [-0.05, 0) is 43.8 Å². The number of hydrogen-bond donors (Lipinski definition) is 1. The van der Waals surface area contributed by atoms with Crippen molar-refractivity contribution in [3.8, 4) is 0 Å². The van der Waals surface area contributed by atoms with E-state index in [1.807, 2.05) is 18.3 Å². The number of aromatic nitrogens is 1. The Bertz CT molecular complexity index is 774. The predicted molar refractivity (Wildman–Crippen MR) is 137 cm³/mol. The molecule has 1 aliphatic rings. The fourth-order valence-corrected chi connectivity index (χ4v) is 3.53. The maximum Gasteiger partial charge on any atom is 0.194 e. The fourth-order valence-electron chi connectivity index (χ4n) is 3.53. The fraction of sp³-hybridized carbons (Fsp3) is 0.478. The van der Waals surface area contributed by atoms with Crippen LogP contribution < -0.4 is 10.2 Å². The van der Waals surface area contributed by atoms with Gasteiger partial charge < -0.3 is 20.0 Å². The van der Waals surface area contributed by atoms with Gasteiger partial charge in [-0.3, -0.25) is 0 Å². The van der Waals surface area contributed by atoms with E-state index in [-0.39, 0.29) is 24.0 Å². The molecule has 30 heavy (non-hydrogen) atoms. The summed E-state index contributed by atoms with van der Waals surface area (Å²) in [6, 6.07) is 14.9. The van der Waals surface area contributed by atoms with E-state index in [9.17, 15) is 0 Å². The highest BCUT2D eigenvalue weighted by Crippen LogP contribution is 2.13. The Labute approximate surface area is 198 Å². The molecule has 1 aromatic heterocycles. The highest BCUT2D eigenvalue weighted by Gasteiger charge is 2.20. The number of aliphatic imine (C=N–C) groups is 1. The normalized spacial score (nSPS) is 14.6. The molecule has 0 spiro atoms. The number of rotatable bonds is 7. The average Bonchev–Trinajstić information content (AvgIpc) is 2.77. The van der Waals surface area contributed by atoms with Gasteiger partial charge in [0.25, 0.3) is 0 Å². The smallest absolute Gasteiger partial charge is 0.194 e. The van der Waals surface area contributed by atoms with E-state index in [0.29, 0.717) is 6.54 Å². The Balaban J connectivity index is 0.00000320. The van der Waals surface area contributed by atoms with Gasteiger partial charge in [0.15, 0.2) is 5.96 Å². The first-order valence-corrected chi connectivity index (χ1v) is 10.6. The summed E-state index contributed by atoms with van der Waals surface area (Å²) >= 11 is 0. The van der Waals surface area contributed by atoms with Gasteiger partial charge in [0.2, 0.25) is 0 Å². The zero-order valence-electron chi connectivity index (χ0n) is 18.4. The SMILES string of the molecule is CCNC(=NCc1cccc(CN(C)CC)c1)N1CCN(c2ccccn2)CC1.I. The molecule has 1 saturated heterocycles. The van der Waals surface area contributed by atoms with Crippen LogP contribution in [-0.2, 0) is 13.1 Å². The minimum absolute atomic E-state index is 0. The summed E-state index contributed by atoms with van der Waals surface area (Å²) in [4.78, 5) is 16.4. The van der Waals surface area contributed by atoms with Crippen molar-refractivity contribution < 1.29 is 0 Å². The second kappa shape index (κ2) is 12.7. The summed E-state index contributed by atoms with van der Waals surface area (Å²) in [5, 5.41) is 3.47. The monoisotopic (exact) mass is 522 g/mol. The summed E-state index contributed by atoms with van der Waals surface area (Å²) in [7, 11) is 2.15. The topological polar surface area (TPSA) is 47.0 Å². The second-order valence-corrected chi connectivity index (χ2v) is 7.48. The third kappa shape index (κ3) is 7.12. The number of halogens is 1. The molecule has 1 fully saturated rings. The van der Waals surface area contributed by atoms with Crippen molar-refractivity contribution in [3.63, 3.8) is 0 Å². The molecule has 1 N–H and O–H groups in total. The first-order valence-electron chi connectivity index (χ1n) is 10.6. The molecule has 0 bridgehead atoms. The van der Waals surface area contributed by atoms with Gasteiger partial charge in [-0.25, -0.2) is 9.98 Å². The van der Waals surface area contributed by atoms with E-state index in [0.717, 1.165) is 57.6 Å². The molecule has 2 aromatic rings. The number of hydrogen-bond acceptors (Lipinski definition) is 4. The van der Waals surface area contributed by atoms with Gasteiger partial charge in [-0.1, -0.05) is 37.3 Å². The molecule has 0 radical (unpaired) electrons. The number of nitrogens with one attached hydrogen (secondary N) is 1. The van der Waals surface area contributed by atoms with Crippen LogP contribution >= 0.6 is 24.0 Å². The van der Waals surface area contributed by atoms with E-state index in [1.165, 1.54) is 11.1 Å². The third-order valence-corrected chi connectivity index (χ3v) is 5.28. The van der Waals surface area contributed by atoms with Crippen LogP contribution in [0.3, 0.4) is 0 Å². The van der Waals surface area contributed by atoms with Crippen LogP contribution in [-0.4, -0.2) is 67.1 Å². The quantitative estimate of drug-likeness (QED) is 0.343. The van der Waals surface area contributed by atoms with E-state index in [2.05, 4.69) is 76.2 Å². The number of pyridine rings is 1. The third-order valence-electron chi connectivity index (χ3n) is 5.28. The van der Waals surface area contributed by atoms with Crippen LogP contribution in [0.5, 0.6) is 0 Å². The molecule has 164 valence electrons. The minimum Gasteiger partial charge on any atom is -0.357 e. The molecule has 0 aliphatic carbocycles. The van der Waals surface area contributed by atoms with Crippen molar-refractivity contribution in [2.24, 2.45) is 4.99 Å². The van der Waals surface area contributed by atoms with Crippen LogP contribution in [0.25, 0.3) is 0 Å². The lowest BCUT2D eigenvalue weighted by molar-refractivity contribution is 0.345. The van der Waals surface area contributed by atoms with Crippen molar-refractivity contribution in [3.05, 3.63) is 59.8 Å². The van der Waals surface area contributed by atoms with Crippen LogP contribution in [0.2, 0.25) is 0 Å². The second-order valence-electron chi connectivity index (χ2n) is 7.48. The molecule has 0 unspecified atom stereocenters. The van der Waals surface area contributed by atoms with Crippen LogP contribution in [0.4, 0.5) is 5.82 Å². The molecule has 3 rings (SSSR count). The molecule has 0 saturated carbocycles. The maximum atomic E-state index is 4.93. The minimum atomic E-state index is 0. The zero-order chi connectivity index (χ0) is 20.5. The van der Waals surface area contributed by atoms with Gasteiger partial charge >= 0.3 is 0 Å². The highest BCUT2D eigenvalue weighted by molar-refractivity contribution is 14.0. The first kappa shape index (κ1) is 24.4. The largest absolute Gasteiger partial charge is 0.357 e. The van der Waals surface area contributed by atoms with E-state index >= 15 is 0 Å². The molecular weight excluding hydrogens is 487 g/mol. The van der Waals surface area contributed by atoms with E-state index in [1.54, 1.807) is 0 Å². The number of benzene rings is 1. The summed E-state index contributed by atoms with van der Waals surface area (Å²) in [6.45, 7) is 11.7. The lowest BCUT2D eigenvalue weighted by Crippen LogP contribution is -2.52.